The normalized spacial score (nSPS) is 22.8. The number of nitrogens with two attached hydrogens (primary N) is 1. The summed E-state index contributed by atoms with van der Waals surface area (Å²) >= 11 is 0. The van der Waals surface area contributed by atoms with Crippen LogP contribution in [0.4, 0.5) is 11.5 Å². The number of carbonyl (C=O) groups excluding carboxylic acids is 2. The predicted molar refractivity (Wildman–Crippen MR) is 127 cm³/mol. The third kappa shape index (κ3) is 4.33. The number of nitrogens with zero attached hydrogens (tertiary/aromatic N) is 4. The molecule has 1 atom stereocenters. The van der Waals surface area contributed by atoms with Gasteiger partial charge >= 0.3 is 0 Å². The fraction of sp³-hybridized carbons (Fsp3) is 0.640. The van der Waals surface area contributed by atoms with Gasteiger partial charge in [0.25, 0.3) is 0 Å². The summed E-state index contributed by atoms with van der Waals surface area (Å²) in [5, 5.41) is 0. The average Bonchev–Trinajstić information content (AvgIpc) is 3.75. The molecule has 0 aromatic carbocycles. The second-order valence-corrected chi connectivity index (χ2v) is 9.86. The number of nitrogen functional groups attached to an aromatic ring is 1. The SMILES string of the molecule is C=CC(=O)N1CCc2c(C3CC3)nc(N3CCN(C(=O)CCOC)[C@H](C4CC4)C3)c(N)c2C1. The first-order valence-corrected chi connectivity index (χ1v) is 12.3. The van der Waals surface area contributed by atoms with E-state index in [0.717, 1.165) is 30.9 Å². The standard InChI is InChI=1S/C25H35N5O3/c1-3-21(31)28-10-8-18-19(14-28)23(26)25(27-24(18)17-6-7-17)29-11-12-30(22(32)9-13-33-2)20(15-29)16-4-5-16/h3,16-17,20H,1,4-15,26H2,2H3/t20-/m0/s1. The number of methoxy groups -OCH3 is 1. The van der Waals surface area contributed by atoms with Gasteiger partial charge in [0.1, 0.15) is 0 Å². The van der Waals surface area contributed by atoms with Gasteiger partial charge in [-0.2, -0.15) is 0 Å². The zero-order valence-electron chi connectivity index (χ0n) is 19.6. The molecule has 2 aliphatic heterocycles. The van der Waals surface area contributed by atoms with Crippen LogP contribution in [0, 0.1) is 5.92 Å². The van der Waals surface area contributed by atoms with Crippen molar-refractivity contribution in [1.82, 2.24) is 14.8 Å². The van der Waals surface area contributed by atoms with Crippen LogP contribution in [-0.4, -0.2) is 72.5 Å². The van der Waals surface area contributed by atoms with Crippen LogP contribution in [0.5, 0.6) is 0 Å². The number of ether oxygens (including phenoxy) is 1. The number of pyridine rings is 1. The monoisotopic (exact) mass is 453 g/mol. The Kier molecular flexibility index (Phi) is 6.03. The van der Waals surface area contributed by atoms with Gasteiger partial charge in [0.05, 0.1) is 24.8 Å². The number of anilines is 2. The number of aromatic nitrogens is 1. The van der Waals surface area contributed by atoms with Crippen LogP contribution in [-0.2, 0) is 27.3 Å². The van der Waals surface area contributed by atoms with E-state index in [1.54, 1.807) is 7.11 Å². The number of carbonyl (C=O) groups is 2. The molecule has 2 amide bonds. The number of rotatable bonds is 7. The van der Waals surface area contributed by atoms with Gasteiger partial charge in [-0.15, -0.1) is 0 Å². The first-order valence-electron chi connectivity index (χ1n) is 12.3. The van der Waals surface area contributed by atoms with Crippen molar-refractivity contribution < 1.29 is 14.3 Å². The minimum Gasteiger partial charge on any atom is -0.395 e. The zero-order valence-corrected chi connectivity index (χ0v) is 19.6. The molecule has 1 aromatic heterocycles. The molecule has 8 nitrogen and oxygen atoms in total. The molecule has 0 spiro atoms. The summed E-state index contributed by atoms with van der Waals surface area (Å²) in [6.07, 6.45) is 7.29. The summed E-state index contributed by atoms with van der Waals surface area (Å²) in [7, 11) is 1.63. The second kappa shape index (κ2) is 8.97. The lowest BCUT2D eigenvalue weighted by molar-refractivity contribution is -0.135. The number of amides is 2. The molecule has 4 aliphatic rings. The van der Waals surface area contributed by atoms with Crippen molar-refractivity contribution in [2.24, 2.45) is 5.92 Å². The van der Waals surface area contributed by atoms with Gasteiger partial charge in [-0.25, -0.2) is 4.98 Å². The van der Waals surface area contributed by atoms with E-state index in [0.29, 0.717) is 50.2 Å². The Morgan fingerprint density at radius 1 is 1.18 bits per heavy atom. The van der Waals surface area contributed by atoms with Crippen molar-refractivity contribution in [2.75, 3.05) is 50.5 Å². The molecule has 8 heteroatoms. The van der Waals surface area contributed by atoms with Crippen molar-refractivity contribution in [3.05, 3.63) is 29.5 Å². The van der Waals surface area contributed by atoms with Crippen molar-refractivity contribution in [3.63, 3.8) is 0 Å². The van der Waals surface area contributed by atoms with E-state index in [4.69, 9.17) is 15.5 Å². The molecule has 2 N–H and O–H groups in total. The zero-order chi connectivity index (χ0) is 23.1. The number of hydrogen-bond donors (Lipinski definition) is 1. The molecule has 2 saturated carbocycles. The van der Waals surface area contributed by atoms with Crippen molar-refractivity contribution in [1.29, 1.82) is 0 Å². The van der Waals surface area contributed by atoms with Crippen molar-refractivity contribution in [2.45, 2.75) is 57.0 Å². The second-order valence-electron chi connectivity index (χ2n) is 9.86. The third-order valence-electron chi connectivity index (χ3n) is 7.62. The van der Waals surface area contributed by atoms with Crippen LogP contribution >= 0.6 is 0 Å². The van der Waals surface area contributed by atoms with Crippen LogP contribution in [0.3, 0.4) is 0 Å². The first kappa shape index (κ1) is 22.2. The summed E-state index contributed by atoms with van der Waals surface area (Å²) in [6.45, 7) is 7.47. The minimum atomic E-state index is -0.0524. The van der Waals surface area contributed by atoms with Gasteiger partial charge in [-0.3, -0.25) is 9.59 Å². The van der Waals surface area contributed by atoms with Crippen molar-refractivity contribution >= 4 is 23.3 Å². The molecule has 2 aliphatic carbocycles. The molecule has 1 aromatic rings. The predicted octanol–water partition coefficient (Wildman–Crippen LogP) is 2.08. The van der Waals surface area contributed by atoms with E-state index in [2.05, 4.69) is 16.4 Å². The first-order chi connectivity index (χ1) is 16.0. The molecule has 3 heterocycles. The number of hydrogen-bond acceptors (Lipinski definition) is 6. The summed E-state index contributed by atoms with van der Waals surface area (Å²) in [6, 6.07) is 0.198. The van der Waals surface area contributed by atoms with Crippen LogP contribution in [0.15, 0.2) is 12.7 Å². The van der Waals surface area contributed by atoms with Crippen molar-refractivity contribution in [3.8, 4) is 0 Å². The van der Waals surface area contributed by atoms with Gasteiger partial charge < -0.3 is 25.2 Å². The van der Waals surface area contributed by atoms with Crippen LogP contribution in [0.2, 0.25) is 0 Å². The highest BCUT2D eigenvalue weighted by Crippen LogP contribution is 2.46. The Bertz CT molecular complexity index is 956. The fourth-order valence-electron chi connectivity index (χ4n) is 5.45. The molecular weight excluding hydrogens is 418 g/mol. The number of piperazine rings is 1. The van der Waals surface area contributed by atoms with E-state index < -0.39 is 0 Å². The van der Waals surface area contributed by atoms with Crippen LogP contribution < -0.4 is 10.6 Å². The summed E-state index contributed by atoms with van der Waals surface area (Å²) in [5.74, 6) is 2.04. The molecule has 0 unspecified atom stereocenters. The highest BCUT2D eigenvalue weighted by atomic mass is 16.5. The Labute approximate surface area is 195 Å². The van der Waals surface area contributed by atoms with E-state index >= 15 is 0 Å². The van der Waals surface area contributed by atoms with Gasteiger partial charge in [0, 0.05) is 57.0 Å². The Hall–Kier alpha value is -2.61. The molecule has 1 saturated heterocycles. The quantitative estimate of drug-likeness (QED) is 0.636. The lowest BCUT2D eigenvalue weighted by Crippen LogP contribution is -2.56. The smallest absolute Gasteiger partial charge is 0.246 e. The molecule has 0 radical (unpaired) electrons. The highest BCUT2D eigenvalue weighted by Gasteiger charge is 2.42. The summed E-state index contributed by atoms with van der Waals surface area (Å²) in [4.78, 5) is 36.5. The largest absolute Gasteiger partial charge is 0.395 e. The molecule has 178 valence electrons. The van der Waals surface area contributed by atoms with Gasteiger partial charge in [0.15, 0.2) is 5.82 Å². The van der Waals surface area contributed by atoms with Gasteiger partial charge in [-0.05, 0) is 49.7 Å². The highest BCUT2D eigenvalue weighted by molar-refractivity contribution is 5.87. The topological polar surface area (TPSA) is 92.0 Å². The average molecular weight is 454 g/mol. The van der Waals surface area contributed by atoms with E-state index in [1.807, 2.05) is 4.90 Å². The molecule has 0 bridgehead atoms. The maximum atomic E-state index is 12.8. The maximum Gasteiger partial charge on any atom is 0.246 e. The molecule has 3 fully saturated rings. The Morgan fingerprint density at radius 3 is 2.64 bits per heavy atom. The van der Waals surface area contributed by atoms with Gasteiger partial charge in [-0.1, -0.05) is 6.58 Å². The van der Waals surface area contributed by atoms with Crippen LogP contribution in [0.25, 0.3) is 0 Å². The maximum absolute atomic E-state index is 12.8. The van der Waals surface area contributed by atoms with E-state index in [9.17, 15) is 9.59 Å². The molecule has 33 heavy (non-hydrogen) atoms. The fourth-order valence-corrected chi connectivity index (χ4v) is 5.45. The van der Waals surface area contributed by atoms with E-state index in [1.165, 1.54) is 43.0 Å². The van der Waals surface area contributed by atoms with Crippen LogP contribution in [0.1, 0.15) is 54.8 Å². The summed E-state index contributed by atoms with van der Waals surface area (Å²) < 4.78 is 5.13. The molecule has 5 rings (SSSR count). The Morgan fingerprint density at radius 2 is 1.97 bits per heavy atom. The Balaban J connectivity index is 1.43. The van der Waals surface area contributed by atoms with E-state index in [-0.39, 0.29) is 17.9 Å². The number of fused-ring (bicyclic) bond motifs is 1. The molecular formula is C25H35N5O3. The minimum absolute atomic E-state index is 0.0524. The summed E-state index contributed by atoms with van der Waals surface area (Å²) in [5.41, 5.74) is 11.0. The lowest BCUT2D eigenvalue weighted by atomic mass is 9.94. The van der Waals surface area contributed by atoms with Gasteiger partial charge in [0.2, 0.25) is 11.8 Å². The lowest BCUT2D eigenvalue weighted by Gasteiger charge is -2.43. The third-order valence-corrected chi connectivity index (χ3v) is 7.62.